The third-order valence-corrected chi connectivity index (χ3v) is 6.40. The summed E-state index contributed by atoms with van der Waals surface area (Å²) in [6, 6.07) is 26.4. The molecule has 3 aromatic carbocycles. The molecule has 1 heterocycles. The Bertz CT molecular complexity index is 1260. The number of halogens is 2. The van der Waals surface area contributed by atoms with Crippen LogP contribution in [0.15, 0.2) is 98.8 Å². The van der Waals surface area contributed by atoms with Gasteiger partial charge in [0.05, 0.1) is 18.0 Å². The largest absolute Gasteiger partial charge is 0.253 e. The molecule has 0 radical (unpaired) electrons. The van der Waals surface area contributed by atoms with Crippen molar-refractivity contribution in [1.82, 2.24) is 4.68 Å². The first-order valence-electron chi connectivity index (χ1n) is 9.98. The summed E-state index contributed by atoms with van der Waals surface area (Å²) in [5.74, 6) is 0. The van der Waals surface area contributed by atoms with Crippen molar-refractivity contribution in [3.8, 4) is 11.3 Å². The molecule has 3 nitrogen and oxygen atoms in total. The van der Waals surface area contributed by atoms with Crippen molar-refractivity contribution in [1.29, 1.82) is 0 Å². The highest BCUT2D eigenvalue weighted by atomic mass is 79.9. The predicted molar refractivity (Wildman–Crippen MR) is 135 cm³/mol. The zero-order chi connectivity index (χ0) is 21.6. The maximum absolute atomic E-state index is 6.24. The molecule has 0 aliphatic carbocycles. The first-order chi connectivity index (χ1) is 15.1. The van der Waals surface area contributed by atoms with Gasteiger partial charge in [0.2, 0.25) is 4.80 Å². The van der Waals surface area contributed by atoms with E-state index in [1.165, 1.54) is 5.56 Å². The number of hydrogen-bond acceptors (Lipinski definition) is 3. The SMILES string of the molecule is CC/C(=N\n1c(-c2ccc(Br)cc2)csc1=NCc1ccccc1)c1cccc(Cl)c1. The van der Waals surface area contributed by atoms with Crippen LogP contribution in [-0.2, 0) is 6.54 Å². The molecule has 0 unspecified atom stereocenters. The first kappa shape index (κ1) is 21.8. The van der Waals surface area contributed by atoms with E-state index in [2.05, 4.69) is 52.5 Å². The standard InChI is InChI=1S/C25H21BrClN3S/c1-2-23(20-9-6-10-22(27)15-20)29-30-24(19-11-13-21(26)14-12-19)17-31-25(30)28-16-18-7-4-3-5-8-18/h3-15,17H,2,16H2,1H3/b28-25?,29-23+. The average molecular weight is 511 g/mol. The van der Waals surface area contributed by atoms with E-state index in [1.54, 1.807) is 11.3 Å². The Morgan fingerprint density at radius 2 is 1.77 bits per heavy atom. The lowest BCUT2D eigenvalue weighted by Crippen LogP contribution is -2.15. The van der Waals surface area contributed by atoms with Crippen LogP contribution in [0, 0.1) is 0 Å². The van der Waals surface area contributed by atoms with Crippen LogP contribution in [0.25, 0.3) is 11.3 Å². The third kappa shape index (κ3) is 5.42. The van der Waals surface area contributed by atoms with Gasteiger partial charge in [-0.25, -0.2) is 4.68 Å². The predicted octanol–water partition coefficient (Wildman–Crippen LogP) is 7.40. The van der Waals surface area contributed by atoms with Gasteiger partial charge in [0.1, 0.15) is 0 Å². The summed E-state index contributed by atoms with van der Waals surface area (Å²) in [6.45, 7) is 2.71. The van der Waals surface area contributed by atoms with Gasteiger partial charge in [-0.1, -0.05) is 89.1 Å². The molecule has 0 aliphatic heterocycles. The smallest absolute Gasteiger partial charge is 0.206 e. The van der Waals surface area contributed by atoms with Gasteiger partial charge in [-0.3, -0.25) is 4.99 Å². The summed E-state index contributed by atoms with van der Waals surface area (Å²) in [7, 11) is 0. The van der Waals surface area contributed by atoms with Crippen molar-refractivity contribution in [2.75, 3.05) is 0 Å². The van der Waals surface area contributed by atoms with Crippen LogP contribution >= 0.6 is 38.9 Å². The minimum Gasteiger partial charge on any atom is -0.253 e. The van der Waals surface area contributed by atoms with Crippen LogP contribution in [0.1, 0.15) is 24.5 Å². The van der Waals surface area contributed by atoms with Gasteiger partial charge in [0.15, 0.2) is 0 Å². The Hall–Kier alpha value is -2.47. The highest BCUT2D eigenvalue weighted by Crippen LogP contribution is 2.23. The molecule has 156 valence electrons. The van der Waals surface area contributed by atoms with Crippen molar-refractivity contribution in [2.24, 2.45) is 10.1 Å². The highest BCUT2D eigenvalue weighted by Gasteiger charge is 2.10. The van der Waals surface area contributed by atoms with Crippen molar-refractivity contribution < 1.29 is 0 Å². The van der Waals surface area contributed by atoms with Crippen molar-refractivity contribution in [2.45, 2.75) is 19.9 Å². The highest BCUT2D eigenvalue weighted by molar-refractivity contribution is 9.10. The summed E-state index contributed by atoms with van der Waals surface area (Å²) in [5, 5.41) is 7.86. The van der Waals surface area contributed by atoms with Crippen LogP contribution < -0.4 is 4.80 Å². The third-order valence-electron chi connectivity index (χ3n) is 4.78. The zero-order valence-electron chi connectivity index (χ0n) is 17.0. The van der Waals surface area contributed by atoms with Gasteiger partial charge < -0.3 is 0 Å². The van der Waals surface area contributed by atoms with E-state index in [0.717, 1.165) is 38.2 Å². The molecular weight excluding hydrogens is 490 g/mol. The van der Waals surface area contributed by atoms with E-state index >= 15 is 0 Å². The van der Waals surface area contributed by atoms with Crippen LogP contribution in [0.4, 0.5) is 0 Å². The topological polar surface area (TPSA) is 29.6 Å². The summed E-state index contributed by atoms with van der Waals surface area (Å²) in [4.78, 5) is 5.73. The van der Waals surface area contributed by atoms with Gasteiger partial charge in [-0.05, 0) is 41.8 Å². The molecule has 0 fully saturated rings. The lowest BCUT2D eigenvalue weighted by atomic mass is 10.1. The maximum atomic E-state index is 6.24. The van der Waals surface area contributed by atoms with Gasteiger partial charge >= 0.3 is 0 Å². The molecule has 4 aromatic rings. The molecule has 0 atom stereocenters. The second kappa shape index (κ2) is 10.2. The summed E-state index contributed by atoms with van der Waals surface area (Å²) < 4.78 is 3.00. The molecular formula is C25H21BrClN3S. The van der Waals surface area contributed by atoms with E-state index in [1.807, 2.05) is 59.3 Å². The lowest BCUT2D eigenvalue weighted by Gasteiger charge is -2.09. The number of hydrogen-bond donors (Lipinski definition) is 0. The molecule has 0 saturated heterocycles. The Morgan fingerprint density at radius 3 is 2.48 bits per heavy atom. The lowest BCUT2D eigenvalue weighted by molar-refractivity contribution is 0.815. The Labute approximate surface area is 199 Å². The minimum atomic E-state index is 0.606. The Balaban J connectivity index is 1.84. The fourth-order valence-electron chi connectivity index (χ4n) is 3.19. The number of rotatable bonds is 6. The molecule has 6 heteroatoms. The van der Waals surface area contributed by atoms with E-state index in [9.17, 15) is 0 Å². The van der Waals surface area contributed by atoms with Gasteiger partial charge in [0.25, 0.3) is 0 Å². The Morgan fingerprint density at radius 1 is 1.00 bits per heavy atom. The van der Waals surface area contributed by atoms with Crippen LogP contribution in [0.3, 0.4) is 0 Å². The van der Waals surface area contributed by atoms with E-state index in [0.29, 0.717) is 11.6 Å². The average Bonchev–Trinajstić information content (AvgIpc) is 3.19. The van der Waals surface area contributed by atoms with E-state index in [4.69, 9.17) is 21.7 Å². The van der Waals surface area contributed by atoms with Crippen molar-refractivity contribution in [3.05, 3.63) is 110 Å². The molecule has 4 rings (SSSR count). The summed E-state index contributed by atoms with van der Waals surface area (Å²) in [5.41, 5.74) is 5.25. The van der Waals surface area contributed by atoms with Gasteiger partial charge in [-0.15, -0.1) is 11.3 Å². The van der Waals surface area contributed by atoms with Gasteiger partial charge in [-0.2, -0.15) is 5.10 Å². The molecule has 0 bridgehead atoms. The molecule has 0 aliphatic rings. The minimum absolute atomic E-state index is 0.606. The van der Waals surface area contributed by atoms with Crippen LogP contribution in [0.2, 0.25) is 5.02 Å². The quantitative estimate of drug-likeness (QED) is 0.242. The maximum Gasteiger partial charge on any atom is 0.206 e. The molecule has 31 heavy (non-hydrogen) atoms. The second-order valence-corrected chi connectivity index (χ2v) is 9.12. The van der Waals surface area contributed by atoms with E-state index in [-0.39, 0.29) is 0 Å². The number of aromatic nitrogens is 1. The van der Waals surface area contributed by atoms with Gasteiger partial charge in [0, 0.05) is 20.4 Å². The van der Waals surface area contributed by atoms with Crippen molar-refractivity contribution >= 4 is 44.6 Å². The normalized spacial score (nSPS) is 12.4. The molecule has 0 saturated carbocycles. The number of benzene rings is 3. The number of thiazole rings is 1. The monoisotopic (exact) mass is 509 g/mol. The molecule has 1 aromatic heterocycles. The van der Waals surface area contributed by atoms with E-state index < -0.39 is 0 Å². The van der Waals surface area contributed by atoms with Crippen LogP contribution in [0.5, 0.6) is 0 Å². The summed E-state index contributed by atoms with van der Waals surface area (Å²) >= 11 is 11.4. The molecule has 0 spiro atoms. The summed E-state index contributed by atoms with van der Waals surface area (Å²) in [6.07, 6.45) is 0.779. The fourth-order valence-corrected chi connectivity index (χ4v) is 4.47. The number of nitrogens with zero attached hydrogens (tertiary/aromatic N) is 3. The first-order valence-corrected chi connectivity index (χ1v) is 12.0. The fraction of sp³-hybridized carbons (Fsp3) is 0.120. The van der Waals surface area contributed by atoms with Crippen molar-refractivity contribution in [3.63, 3.8) is 0 Å². The second-order valence-electron chi connectivity index (χ2n) is 6.93. The van der Waals surface area contributed by atoms with Crippen LogP contribution in [-0.4, -0.2) is 10.4 Å². The zero-order valence-corrected chi connectivity index (χ0v) is 20.2. The Kier molecular flexibility index (Phi) is 7.17. The molecule has 0 N–H and O–H groups in total. The molecule has 0 amide bonds.